The predicted molar refractivity (Wildman–Crippen MR) is 83.6 cm³/mol. The molecule has 0 bridgehead atoms. The molecule has 98 valence electrons. The number of aromatic nitrogens is 1. The van der Waals surface area contributed by atoms with Gasteiger partial charge in [0.05, 0.1) is 12.2 Å². The van der Waals surface area contributed by atoms with Crippen LogP contribution in [0.4, 0.5) is 5.69 Å². The third-order valence-corrected chi connectivity index (χ3v) is 4.28. The van der Waals surface area contributed by atoms with E-state index in [0.717, 1.165) is 17.9 Å². The number of pyridine rings is 1. The van der Waals surface area contributed by atoms with Crippen LogP contribution in [0.5, 0.6) is 0 Å². The highest BCUT2D eigenvalue weighted by molar-refractivity contribution is 7.80. The minimum atomic E-state index is 0.368. The zero-order valence-electron chi connectivity index (χ0n) is 10.5. The van der Waals surface area contributed by atoms with E-state index in [1.165, 1.54) is 17.7 Å². The van der Waals surface area contributed by atoms with Crippen molar-refractivity contribution in [3.63, 3.8) is 0 Å². The summed E-state index contributed by atoms with van der Waals surface area (Å²) in [5.41, 5.74) is 7.59. The first-order valence-electron chi connectivity index (χ1n) is 6.29. The van der Waals surface area contributed by atoms with Crippen molar-refractivity contribution in [1.29, 1.82) is 0 Å². The Labute approximate surface area is 122 Å². The van der Waals surface area contributed by atoms with E-state index in [4.69, 9.17) is 18.0 Å². The summed E-state index contributed by atoms with van der Waals surface area (Å²) in [6.07, 6.45) is 4.21. The molecule has 1 aliphatic rings. The van der Waals surface area contributed by atoms with Crippen molar-refractivity contribution in [2.45, 2.75) is 25.4 Å². The van der Waals surface area contributed by atoms with Crippen LogP contribution in [0.2, 0.25) is 0 Å². The second-order valence-corrected chi connectivity index (χ2v) is 6.15. The van der Waals surface area contributed by atoms with Gasteiger partial charge in [-0.1, -0.05) is 18.3 Å². The zero-order chi connectivity index (χ0) is 13.2. The third kappa shape index (κ3) is 2.77. The predicted octanol–water partition coefficient (Wildman–Crippen LogP) is 2.95. The Kier molecular flexibility index (Phi) is 3.48. The van der Waals surface area contributed by atoms with Gasteiger partial charge in [-0.2, -0.15) is 0 Å². The molecule has 2 aromatic heterocycles. The fourth-order valence-corrected chi connectivity index (χ4v) is 3.05. The first-order valence-corrected chi connectivity index (χ1v) is 7.58. The number of anilines is 1. The SMILES string of the molecule is NC(=S)c1ncccc1N(Cc1cccs1)C1CC1. The van der Waals surface area contributed by atoms with Crippen LogP contribution in [0.1, 0.15) is 23.4 Å². The summed E-state index contributed by atoms with van der Waals surface area (Å²) in [6.45, 7) is 0.906. The standard InChI is InChI=1S/C14H15N3S2/c15-14(18)13-12(4-1-7-16-13)17(10-5-6-10)9-11-3-2-8-19-11/h1-4,7-8,10H,5-6,9H2,(H2,15,18). The minimum Gasteiger partial charge on any atom is -0.388 e. The summed E-state index contributed by atoms with van der Waals surface area (Å²) in [4.78, 5) is 8.44. The summed E-state index contributed by atoms with van der Waals surface area (Å²) in [5, 5.41) is 2.11. The summed E-state index contributed by atoms with van der Waals surface area (Å²) >= 11 is 6.89. The quantitative estimate of drug-likeness (QED) is 0.859. The van der Waals surface area contributed by atoms with Crippen molar-refractivity contribution in [3.8, 4) is 0 Å². The molecule has 19 heavy (non-hydrogen) atoms. The van der Waals surface area contributed by atoms with E-state index in [-0.39, 0.29) is 0 Å². The van der Waals surface area contributed by atoms with Crippen LogP contribution in [0.15, 0.2) is 35.8 Å². The molecule has 0 atom stereocenters. The Bertz CT molecular complexity index is 576. The number of nitrogens with zero attached hydrogens (tertiary/aromatic N) is 2. The smallest absolute Gasteiger partial charge is 0.124 e. The van der Waals surface area contributed by atoms with E-state index in [2.05, 4.69) is 33.5 Å². The van der Waals surface area contributed by atoms with Gasteiger partial charge in [-0.05, 0) is 36.4 Å². The second kappa shape index (κ2) is 5.27. The van der Waals surface area contributed by atoms with E-state index < -0.39 is 0 Å². The van der Waals surface area contributed by atoms with Crippen LogP contribution in [0, 0.1) is 0 Å². The van der Waals surface area contributed by atoms with Crippen LogP contribution in [0.25, 0.3) is 0 Å². The largest absolute Gasteiger partial charge is 0.388 e. The fourth-order valence-electron chi connectivity index (χ4n) is 2.19. The topological polar surface area (TPSA) is 42.1 Å². The number of hydrogen-bond donors (Lipinski definition) is 1. The van der Waals surface area contributed by atoms with E-state index in [1.807, 2.05) is 6.07 Å². The molecule has 0 amide bonds. The van der Waals surface area contributed by atoms with Gasteiger partial charge in [0.15, 0.2) is 0 Å². The number of rotatable bonds is 5. The molecule has 2 N–H and O–H groups in total. The summed E-state index contributed by atoms with van der Waals surface area (Å²) in [6, 6.07) is 8.85. The molecule has 1 aliphatic carbocycles. The van der Waals surface area contributed by atoms with Gasteiger partial charge in [0, 0.05) is 17.1 Å². The Morgan fingerprint density at radius 3 is 2.89 bits per heavy atom. The highest BCUT2D eigenvalue weighted by Gasteiger charge is 2.31. The van der Waals surface area contributed by atoms with Gasteiger partial charge in [0.2, 0.25) is 0 Å². The normalized spacial score (nSPS) is 14.3. The van der Waals surface area contributed by atoms with Gasteiger partial charge in [-0.15, -0.1) is 11.3 Å². The van der Waals surface area contributed by atoms with Crippen LogP contribution in [0.3, 0.4) is 0 Å². The third-order valence-electron chi connectivity index (χ3n) is 3.22. The molecule has 0 unspecified atom stereocenters. The lowest BCUT2D eigenvalue weighted by Crippen LogP contribution is -2.28. The van der Waals surface area contributed by atoms with Crippen molar-refractivity contribution in [2.75, 3.05) is 4.90 Å². The Balaban J connectivity index is 1.94. The molecule has 0 saturated heterocycles. The average Bonchev–Trinajstić information content (AvgIpc) is 3.13. The number of thiocarbonyl (C=S) groups is 1. The maximum absolute atomic E-state index is 5.79. The van der Waals surface area contributed by atoms with Crippen molar-refractivity contribution < 1.29 is 0 Å². The van der Waals surface area contributed by atoms with Crippen LogP contribution >= 0.6 is 23.6 Å². The molecular formula is C14H15N3S2. The first-order chi connectivity index (χ1) is 9.25. The number of nitrogens with two attached hydrogens (primary N) is 1. The van der Waals surface area contributed by atoms with Crippen LogP contribution in [-0.2, 0) is 6.54 Å². The van der Waals surface area contributed by atoms with Gasteiger partial charge in [0.1, 0.15) is 10.7 Å². The molecule has 0 radical (unpaired) electrons. The van der Waals surface area contributed by atoms with Gasteiger partial charge >= 0.3 is 0 Å². The summed E-state index contributed by atoms with van der Waals surface area (Å²) in [7, 11) is 0. The Morgan fingerprint density at radius 1 is 1.42 bits per heavy atom. The highest BCUT2D eigenvalue weighted by atomic mass is 32.1. The van der Waals surface area contributed by atoms with Gasteiger partial charge in [-0.25, -0.2) is 0 Å². The Hall–Kier alpha value is -1.46. The molecule has 3 nitrogen and oxygen atoms in total. The van der Waals surface area contributed by atoms with Crippen molar-refractivity contribution >= 4 is 34.2 Å². The van der Waals surface area contributed by atoms with Crippen molar-refractivity contribution in [1.82, 2.24) is 4.98 Å². The maximum Gasteiger partial charge on any atom is 0.124 e. The molecule has 0 aliphatic heterocycles. The molecule has 3 rings (SSSR count). The van der Waals surface area contributed by atoms with Gasteiger partial charge < -0.3 is 10.6 Å². The van der Waals surface area contributed by atoms with Crippen LogP contribution in [-0.4, -0.2) is 16.0 Å². The first kappa shape index (κ1) is 12.6. The zero-order valence-corrected chi connectivity index (χ0v) is 12.1. The maximum atomic E-state index is 5.79. The molecule has 0 spiro atoms. The van der Waals surface area contributed by atoms with Gasteiger partial charge in [-0.3, -0.25) is 4.98 Å². The van der Waals surface area contributed by atoms with Crippen LogP contribution < -0.4 is 10.6 Å². The molecule has 1 fully saturated rings. The monoisotopic (exact) mass is 289 g/mol. The van der Waals surface area contributed by atoms with E-state index in [0.29, 0.717) is 11.0 Å². The molecule has 0 aromatic carbocycles. The fraction of sp³-hybridized carbons (Fsp3) is 0.286. The molecule has 2 aromatic rings. The molecule has 2 heterocycles. The minimum absolute atomic E-state index is 0.368. The molecular weight excluding hydrogens is 274 g/mol. The lowest BCUT2D eigenvalue weighted by molar-refractivity contribution is 0.799. The highest BCUT2D eigenvalue weighted by Crippen LogP contribution is 2.34. The average molecular weight is 289 g/mol. The van der Waals surface area contributed by atoms with E-state index >= 15 is 0 Å². The molecule has 1 saturated carbocycles. The second-order valence-electron chi connectivity index (χ2n) is 4.67. The van der Waals surface area contributed by atoms with Gasteiger partial charge in [0.25, 0.3) is 0 Å². The van der Waals surface area contributed by atoms with E-state index in [1.54, 1.807) is 17.5 Å². The van der Waals surface area contributed by atoms with Crippen molar-refractivity contribution in [2.24, 2.45) is 5.73 Å². The summed E-state index contributed by atoms with van der Waals surface area (Å²) < 4.78 is 0. The molecule has 5 heteroatoms. The lowest BCUT2D eigenvalue weighted by Gasteiger charge is -2.25. The van der Waals surface area contributed by atoms with Crippen molar-refractivity contribution in [3.05, 3.63) is 46.4 Å². The number of hydrogen-bond acceptors (Lipinski definition) is 4. The van der Waals surface area contributed by atoms with E-state index in [9.17, 15) is 0 Å². The summed E-state index contributed by atoms with van der Waals surface area (Å²) in [5.74, 6) is 0. The lowest BCUT2D eigenvalue weighted by atomic mass is 10.2. The number of thiophene rings is 1. The Morgan fingerprint density at radius 2 is 2.26 bits per heavy atom.